The monoisotopic (exact) mass is 343 g/mol. The molecule has 5 nitrogen and oxygen atoms in total. The van der Waals surface area contributed by atoms with Crippen molar-refractivity contribution in [3.05, 3.63) is 41.8 Å². The summed E-state index contributed by atoms with van der Waals surface area (Å²) in [6, 6.07) is 7.89. The zero-order valence-corrected chi connectivity index (χ0v) is 14.3. The van der Waals surface area contributed by atoms with Gasteiger partial charge in [-0.25, -0.2) is 9.37 Å². The fourth-order valence-electron chi connectivity index (χ4n) is 3.00. The van der Waals surface area contributed by atoms with Gasteiger partial charge in [0.15, 0.2) is 12.4 Å². The van der Waals surface area contributed by atoms with E-state index in [0.717, 1.165) is 31.4 Å². The maximum absolute atomic E-state index is 13.1. The van der Waals surface area contributed by atoms with Gasteiger partial charge in [-0.1, -0.05) is 19.3 Å². The molecule has 132 valence electrons. The number of halogens is 1. The van der Waals surface area contributed by atoms with Crippen molar-refractivity contribution in [2.24, 2.45) is 0 Å². The van der Waals surface area contributed by atoms with Crippen LogP contribution in [0.3, 0.4) is 0 Å². The minimum Gasteiger partial charge on any atom is -0.467 e. The molecular weight excluding hydrogens is 321 g/mol. The molecule has 1 aliphatic carbocycles. The summed E-state index contributed by atoms with van der Waals surface area (Å²) < 4.78 is 18.6. The Morgan fingerprint density at radius 1 is 1.20 bits per heavy atom. The predicted molar refractivity (Wildman–Crippen MR) is 92.7 cm³/mol. The van der Waals surface area contributed by atoms with Gasteiger partial charge >= 0.3 is 0 Å². The maximum atomic E-state index is 13.1. The number of hydrogen-bond donors (Lipinski definition) is 1. The summed E-state index contributed by atoms with van der Waals surface area (Å²) in [4.78, 5) is 20.7. The second-order valence-corrected chi connectivity index (χ2v) is 6.37. The van der Waals surface area contributed by atoms with Crippen molar-refractivity contribution in [2.75, 3.05) is 6.61 Å². The third-order valence-electron chi connectivity index (χ3n) is 4.25. The van der Waals surface area contributed by atoms with E-state index in [1.807, 2.05) is 6.92 Å². The van der Waals surface area contributed by atoms with E-state index < -0.39 is 0 Å². The summed E-state index contributed by atoms with van der Waals surface area (Å²) in [7, 11) is 0. The van der Waals surface area contributed by atoms with Crippen molar-refractivity contribution >= 4 is 5.91 Å². The number of carbonyl (C=O) groups excluding carboxylic acids is 1. The van der Waals surface area contributed by atoms with E-state index in [-0.39, 0.29) is 24.4 Å². The average molecular weight is 343 g/mol. The number of benzene rings is 1. The zero-order valence-electron chi connectivity index (χ0n) is 14.3. The first-order valence-corrected chi connectivity index (χ1v) is 8.64. The molecule has 1 amide bonds. The third kappa shape index (κ3) is 4.98. The van der Waals surface area contributed by atoms with Crippen LogP contribution in [-0.2, 0) is 4.79 Å². The lowest BCUT2D eigenvalue weighted by Crippen LogP contribution is -2.39. The minimum atomic E-state index is -0.313. The first kappa shape index (κ1) is 17.3. The van der Waals surface area contributed by atoms with Gasteiger partial charge in [-0.05, 0) is 44.0 Å². The molecule has 0 spiro atoms. The van der Waals surface area contributed by atoms with Crippen molar-refractivity contribution < 1.29 is 13.9 Å². The molecule has 2 aromatic rings. The number of nitrogens with zero attached hydrogens (tertiary/aromatic N) is 2. The van der Waals surface area contributed by atoms with Crippen LogP contribution >= 0.6 is 0 Å². The Morgan fingerprint density at radius 3 is 2.64 bits per heavy atom. The molecule has 1 saturated carbocycles. The van der Waals surface area contributed by atoms with Crippen molar-refractivity contribution in [3.8, 4) is 17.3 Å². The highest BCUT2D eigenvalue weighted by molar-refractivity contribution is 5.77. The molecule has 25 heavy (non-hydrogen) atoms. The molecule has 1 aliphatic rings. The third-order valence-corrected chi connectivity index (χ3v) is 4.25. The van der Waals surface area contributed by atoms with Gasteiger partial charge in [-0.3, -0.25) is 4.79 Å². The van der Waals surface area contributed by atoms with E-state index in [2.05, 4.69) is 15.3 Å². The molecule has 3 rings (SSSR count). The molecule has 0 aliphatic heterocycles. The minimum absolute atomic E-state index is 0.0736. The standard InChI is InChI=1S/C19H22FN3O2/c1-13-11-18(23-19(21-13)14-7-9-15(20)10-8-14)25-12-17(24)22-16-5-3-2-4-6-16/h7-11,16H,2-6,12H2,1H3,(H,22,24). The van der Waals surface area contributed by atoms with Crippen LogP contribution in [0.2, 0.25) is 0 Å². The summed E-state index contributed by atoms with van der Waals surface area (Å²) >= 11 is 0. The summed E-state index contributed by atoms with van der Waals surface area (Å²) in [5.41, 5.74) is 1.42. The number of rotatable bonds is 5. The van der Waals surface area contributed by atoms with Crippen LogP contribution < -0.4 is 10.1 Å². The Labute approximate surface area is 146 Å². The lowest BCUT2D eigenvalue weighted by atomic mass is 9.95. The first-order chi connectivity index (χ1) is 12.1. The molecule has 0 unspecified atom stereocenters. The van der Waals surface area contributed by atoms with Gasteiger partial charge in [-0.2, -0.15) is 4.98 Å². The Balaban J connectivity index is 1.62. The predicted octanol–water partition coefficient (Wildman–Crippen LogP) is 3.42. The van der Waals surface area contributed by atoms with Crippen molar-refractivity contribution in [1.29, 1.82) is 0 Å². The summed E-state index contributed by atoms with van der Waals surface area (Å²) in [5, 5.41) is 3.01. The number of aryl methyl sites for hydroxylation is 1. The van der Waals surface area contributed by atoms with Crippen LogP contribution in [0, 0.1) is 12.7 Å². The number of amides is 1. The Morgan fingerprint density at radius 2 is 1.92 bits per heavy atom. The van der Waals surface area contributed by atoms with Gasteiger partial charge in [0.2, 0.25) is 5.88 Å². The highest BCUT2D eigenvalue weighted by atomic mass is 19.1. The van der Waals surface area contributed by atoms with E-state index in [4.69, 9.17) is 4.74 Å². The number of aromatic nitrogens is 2. The molecule has 0 atom stereocenters. The lowest BCUT2D eigenvalue weighted by Gasteiger charge is -2.22. The fourth-order valence-corrected chi connectivity index (χ4v) is 3.00. The van der Waals surface area contributed by atoms with Gasteiger partial charge in [-0.15, -0.1) is 0 Å². The van der Waals surface area contributed by atoms with Crippen molar-refractivity contribution in [3.63, 3.8) is 0 Å². The van der Waals surface area contributed by atoms with Crippen LogP contribution in [0.25, 0.3) is 11.4 Å². The summed E-state index contributed by atoms with van der Waals surface area (Å²) in [5.74, 6) is 0.340. The maximum Gasteiger partial charge on any atom is 0.258 e. The van der Waals surface area contributed by atoms with Gasteiger partial charge in [0.1, 0.15) is 5.82 Å². The summed E-state index contributed by atoms with van der Waals surface area (Å²) in [6.07, 6.45) is 5.64. The normalized spacial score (nSPS) is 15.0. The zero-order chi connectivity index (χ0) is 17.6. The van der Waals surface area contributed by atoms with Crippen molar-refractivity contribution in [2.45, 2.75) is 45.1 Å². The lowest BCUT2D eigenvalue weighted by molar-refractivity contribution is -0.124. The van der Waals surface area contributed by atoms with Gasteiger partial charge in [0.05, 0.1) is 0 Å². The molecule has 0 bridgehead atoms. The van der Waals surface area contributed by atoms with Crippen LogP contribution in [0.15, 0.2) is 30.3 Å². The number of ether oxygens (including phenoxy) is 1. The Hall–Kier alpha value is -2.50. The number of hydrogen-bond acceptors (Lipinski definition) is 4. The SMILES string of the molecule is Cc1cc(OCC(=O)NC2CCCCC2)nc(-c2ccc(F)cc2)n1. The van der Waals surface area contributed by atoms with Crippen molar-refractivity contribution in [1.82, 2.24) is 15.3 Å². The molecule has 1 N–H and O–H groups in total. The summed E-state index contributed by atoms with van der Waals surface area (Å²) in [6.45, 7) is 1.75. The quantitative estimate of drug-likeness (QED) is 0.903. The van der Waals surface area contributed by atoms with Gasteiger partial charge < -0.3 is 10.1 Å². The van der Waals surface area contributed by atoms with Crippen LogP contribution in [0.1, 0.15) is 37.8 Å². The topological polar surface area (TPSA) is 64.1 Å². The molecule has 1 aromatic carbocycles. The molecule has 1 heterocycles. The molecule has 0 radical (unpaired) electrons. The molecule has 0 saturated heterocycles. The molecule has 1 aromatic heterocycles. The largest absolute Gasteiger partial charge is 0.467 e. The van der Waals surface area contributed by atoms with Crippen LogP contribution in [0.5, 0.6) is 5.88 Å². The molecule has 1 fully saturated rings. The molecule has 6 heteroatoms. The fraction of sp³-hybridized carbons (Fsp3) is 0.421. The highest BCUT2D eigenvalue weighted by Gasteiger charge is 2.16. The van der Waals surface area contributed by atoms with E-state index in [9.17, 15) is 9.18 Å². The van der Waals surface area contributed by atoms with Gasteiger partial charge in [0.25, 0.3) is 5.91 Å². The number of carbonyl (C=O) groups is 1. The first-order valence-electron chi connectivity index (χ1n) is 8.64. The van der Waals surface area contributed by atoms with Crippen LogP contribution in [0.4, 0.5) is 4.39 Å². The smallest absolute Gasteiger partial charge is 0.258 e. The van der Waals surface area contributed by atoms with E-state index in [0.29, 0.717) is 17.3 Å². The van der Waals surface area contributed by atoms with E-state index >= 15 is 0 Å². The Bertz CT molecular complexity index is 728. The van der Waals surface area contributed by atoms with E-state index in [1.54, 1.807) is 18.2 Å². The highest BCUT2D eigenvalue weighted by Crippen LogP contribution is 2.20. The molecular formula is C19H22FN3O2. The second kappa shape index (κ2) is 8.05. The Kier molecular flexibility index (Phi) is 5.58. The van der Waals surface area contributed by atoms with E-state index in [1.165, 1.54) is 18.6 Å². The number of nitrogens with one attached hydrogen (secondary N) is 1. The average Bonchev–Trinajstić information content (AvgIpc) is 2.61. The van der Waals surface area contributed by atoms with Crippen LogP contribution in [-0.4, -0.2) is 28.5 Å². The van der Waals surface area contributed by atoms with Gasteiger partial charge in [0, 0.05) is 23.4 Å². The second-order valence-electron chi connectivity index (χ2n) is 6.37.